The number of halogens is 1. The zero-order chi connectivity index (χ0) is 20.0. The smallest absolute Gasteiger partial charge is 0.241 e. The SMILES string of the molecule is Cc1cc(F)ccc1S(=O)(=O)N[C@@H](CC(C)C)C(=O)NCc1cccnc1. The van der Waals surface area contributed by atoms with Crippen molar-refractivity contribution in [3.63, 3.8) is 0 Å². The van der Waals surface area contributed by atoms with Crippen LogP contribution in [0.1, 0.15) is 31.4 Å². The highest BCUT2D eigenvalue weighted by atomic mass is 32.2. The molecule has 0 fully saturated rings. The average molecular weight is 393 g/mol. The molecule has 0 aliphatic rings. The highest BCUT2D eigenvalue weighted by molar-refractivity contribution is 7.89. The van der Waals surface area contributed by atoms with Gasteiger partial charge < -0.3 is 5.32 Å². The van der Waals surface area contributed by atoms with Crippen molar-refractivity contribution in [2.45, 2.75) is 44.7 Å². The first-order valence-electron chi connectivity index (χ1n) is 8.64. The van der Waals surface area contributed by atoms with Gasteiger partial charge in [-0.1, -0.05) is 19.9 Å². The molecule has 146 valence electrons. The first-order chi connectivity index (χ1) is 12.7. The summed E-state index contributed by atoms with van der Waals surface area (Å²) in [5.41, 5.74) is 1.09. The Kier molecular flexibility index (Phi) is 7.04. The van der Waals surface area contributed by atoms with Crippen LogP contribution in [0.5, 0.6) is 0 Å². The first-order valence-corrected chi connectivity index (χ1v) is 10.1. The Morgan fingerprint density at radius 2 is 2.00 bits per heavy atom. The summed E-state index contributed by atoms with van der Waals surface area (Å²) in [7, 11) is -3.97. The van der Waals surface area contributed by atoms with Gasteiger partial charge in [-0.25, -0.2) is 12.8 Å². The molecule has 0 bridgehead atoms. The molecule has 2 N–H and O–H groups in total. The summed E-state index contributed by atoms with van der Waals surface area (Å²) < 4.78 is 41.2. The molecule has 1 atom stereocenters. The van der Waals surface area contributed by atoms with Crippen molar-refractivity contribution in [2.75, 3.05) is 0 Å². The van der Waals surface area contributed by atoms with E-state index in [4.69, 9.17) is 0 Å². The molecule has 1 aromatic carbocycles. The average Bonchev–Trinajstić information content (AvgIpc) is 2.59. The van der Waals surface area contributed by atoms with Crippen LogP contribution >= 0.6 is 0 Å². The fraction of sp³-hybridized carbons (Fsp3) is 0.368. The summed E-state index contributed by atoms with van der Waals surface area (Å²) in [5.74, 6) is -0.841. The van der Waals surface area contributed by atoms with Gasteiger partial charge >= 0.3 is 0 Å². The van der Waals surface area contributed by atoms with Crippen LogP contribution in [0.3, 0.4) is 0 Å². The fourth-order valence-corrected chi connectivity index (χ4v) is 4.10. The molecule has 6 nitrogen and oxygen atoms in total. The molecule has 8 heteroatoms. The summed E-state index contributed by atoms with van der Waals surface area (Å²) in [4.78, 5) is 16.5. The van der Waals surface area contributed by atoms with Gasteiger partial charge in [-0.05, 0) is 54.7 Å². The standard InChI is InChI=1S/C19H24FN3O3S/c1-13(2)9-17(19(24)22-12-15-5-4-8-21-11-15)23-27(25,26)18-7-6-16(20)10-14(18)3/h4-8,10-11,13,17,23H,9,12H2,1-3H3,(H,22,24)/t17-/m0/s1. The fourth-order valence-electron chi connectivity index (χ4n) is 2.66. The Labute approximate surface area is 159 Å². The Morgan fingerprint density at radius 1 is 1.26 bits per heavy atom. The highest BCUT2D eigenvalue weighted by Gasteiger charge is 2.27. The summed E-state index contributed by atoms with van der Waals surface area (Å²) in [6, 6.07) is 6.07. The van der Waals surface area contributed by atoms with Crippen LogP contribution in [0.2, 0.25) is 0 Å². The van der Waals surface area contributed by atoms with E-state index in [1.54, 1.807) is 18.5 Å². The molecule has 0 aliphatic carbocycles. The number of hydrogen-bond acceptors (Lipinski definition) is 4. The predicted molar refractivity (Wildman–Crippen MR) is 101 cm³/mol. The number of hydrogen-bond donors (Lipinski definition) is 2. The normalized spacial score (nSPS) is 12.8. The van der Waals surface area contributed by atoms with E-state index >= 15 is 0 Å². The number of sulfonamides is 1. The maximum absolute atomic E-state index is 13.3. The second-order valence-electron chi connectivity index (χ2n) is 6.79. The van der Waals surface area contributed by atoms with Crippen LogP contribution in [-0.2, 0) is 21.4 Å². The number of benzene rings is 1. The van der Waals surface area contributed by atoms with E-state index in [0.717, 1.165) is 17.7 Å². The Morgan fingerprint density at radius 3 is 2.59 bits per heavy atom. The lowest BCUT2D eigenvalue weighted by Crippen LogP contribution is -2.47. The lowest BCUT2D eigenvalue weighted by molar-refractivity contribution is -0.123. The van der Waals surface area contributed by atoms with Gasteiger partial charge in [0, 0.05) is 18.9 Å². The number of aromatic nitrogens is 1. The van der Waals surface area contributed by atoms with Crippen molar-refractivity contribution in [1.29, 1.82) is 0 Å². The van der Waals surface area contributed by atoms with Crippen molar-refractivity contribution < 1.29 is 17.6 Å². The van der Waals surface area contributed by atoms with E-state index < -0.39 is 27.8 Å². The van der Waals surface area contributed by atoms with Crippen LogP contribution in [0.4, 0.5) is 4.39 Å². The zero-order valence-corrected chi connectivity index (χ0v) is 16.4. The summed E-state index contributed by atoms with van der Waals surface area (Å²) in [6.45, 7) is 5.56. The molecule has 0 saturated heterocycles. The molecule has 0 saturated carbocycles. The van der Waals surface area contributed by atoms with Crippen LogP contribution < -0.4 is 10.0 Å². The molecule has 0 radical (unpaired) electrons. The third kappa shape index (κ3) is 6.11. The summed E-state index contributed by atoms with van der Waals surface area (Å²) in [6.07, 6.45) is 3.59. The van der Waals surface area contributed by atoms with Crippen molar-refractivity contribution in [2.24, 2.45) is 5.92 Å². The number of amides is 1. The number of nitrogens with zero attached hydrogens (tertiary/aromatic N) is 1. The van der Waals surface area contributed by atoms with Crippen LogP contribution in [0, 0.1) is 18.7 Å². The minimum atomic E-state index is -3.97. The number of carbonyl (C=O) groups is 1. The van der Waals surface area contributed by atoms with E-state index in [1.807, 2.05) is 19.9 Å². The van der Waals surface area contributed by atoms with Crippen molar-refractivity contribution in [3.8, 4) is 0 Å². The Hall–Kier alpha value is -2.32. The van der Waals surface area contributed by atoms with Crippen molar-refractivity contribution >= 4 is 15.9 Å². The topological polar surface area (TPSA) is 88.2 Å². The molecule has 1 heterocycles. The lowest BCUT2D eigenvalue weighted by atomic mass is 10.0. The third-order valence-electron chi connectivity index (χ3n) is 3.94. The number of nitrogens with one attached hydrogen (secondary N) is 2. The van der Waals surface area contributed by atoms with E-state index in [1.165, 1.54) is 13.0 Å². The molecule has 0 spiro atoms. The minimum absolute atomic E-state index is 0.0438. The number of rotatable bonds is 8. The van der Waals surface area contributed by atoms with Gasteiger partial charge in [0.1, 0.15) is 11.9 Å². The monoisotopic (exact) mass is 393 g/mol. The lowest BCUT2D eigenvalue weighted by Gasteiger charge is -2.21. The van der Waals surface area contributed by atoms with Gasteiger partial charge in [-0.2, -0.15) is 4.72 Å². The molecule has 0 unspecified atom stereocenters. The van der Waals surface area contributed by atoms with Crippen LogP contribution in [-0.4, -0.2) is 25.4 Å². The number of carbonyl (C=O) groups excluding carboxylic acids is 1. The quantitative estimate of drug-likeness (QED) is 0.721. The third-order valence-corrected chi connectivity index (χ3v) is 5.57. The maximum atomic E-state index is 13.3. The molecule has 1 amide bonds. The summed E-state index contributed by atoms with van der Waals surface area (Å²) >= 11 is 0. The maximum Gasteiger partial charge on any atom is 0.241 e. The van der Waals surface area contributed by atoms with Gasteiger partial charge in [0.05, 0.1) is 4.90 Å². The molecule has 2 aromatic rings. The van der Waals surface area contributed by atoms with Gasteiger partial charge in [0.25, 0.3) is 0 Å². The highest BCUT2D eigenvalue weighted by Crippen LogP contribution is 2.18. The van der Waals surface area contributed by atoms with Crippen molar-refractivity contribution in [1.82, 2.24) is 15.0 Å². The van der Waals surface area contributed by atoms with E-state index in [0.29, 0.717) is 6.42 Å². The first kappa shape index (κ1) is 21.0. The zero-order valence-electron chi connectivity index (χ0n) is 15.6. The molecule has 2 rings (SSSR count). The number of pyridine rings is 1. The summed E-state index contributed by atoms with van der Waals surface area (Å²) in [5, 5.41) is 2.74. The largest absolute Gasteiger partial charge is 0.351 e. The molecule has 0 aliphatic heterocycles. The minimum Gasteiger partial charge on any atom is -0.351 e. The van der Waals surface area contributed by atoms with E-state index in [2.05, 4.69) is 15.0 Å². The molecule has 27 heavy (non-hydrogen) atoms. The van der Waals surface area contributed by atoms with Crippen LogP contribution in [0.25, 0.3) is 0 Å². The molecular formula is C19H24FN3O3S. The molecular weight excluding hydrogens is 369 g/mol. The predicted octanol–water partition coefficient (Wildman–Crippen LogP) is 2.54. The second kappa shape index (κ2) is 9.05. The van der Waals surface area contributed by atoms with Crippen LogP contribution in [0.15, 0.2) is 47.6 Å². The van der Waals surface area contributed by atoms with Gasteiger partial charge in [0.15, 0.2) is 0 Å². The van der Waals surface area contributed by atoms with E-state index in [-0.39, 0.29) is 22.9 Å². The molecule has 1 aromatic heterocycles. The Balaban J connectivity index is 2.16. The van der Waals surface area contributed by atoms with Gasteiger partial charge in [-0.3, -0.25) is 9.78 Å². The Bertz CT molecular complexity index is 886. The number of aryl methyl sites for hydroxylation is 1. The van der Waals surface area contributed by atoms with Gasteiger partial charge in [0.2, 0.25) is 15.9 Å². The van der Waals surface area contributed by atoms with E-state index in [9.17, 15) is 17.6 Å². The van der Waals surface area contributed by atoms with Crippen molar-refractivity contribution in [3.05, 3.63) is 59.7 Å². The second-order valence-corrected chi connectivity index (χ2v) is 8.47. The van der Waals surface area contributed by atoms with Gasteiger partial charge in [-0.15, -0.1) is 0 Å².